The van der Waals surface area contributed by atoms with E-state index in [1.165, 1.54) is 12.1 Å². The van der Waals surface area contributed by atoms with Gasteiger partial charge in [-0.3, -0.25) is 9.59 Å². The number of amides is 1. The van der Waals surface area contributed by atoms with E-state index >= 15 is 0 Å². The first-order valence-corrected chi connectivity index (χ1v) is 8.63. The molecule has 2 N–H and O–H groups in total. The molecule has 1 unspecified atom stereocenters. The Kier molecular flexibility index (Phi) is 6.29. The molecule has 0 spiro atoms. The number of nitrogens with zero attached hydrogens (tertiary/aromatic N) is 1. The monoisotopic (exact) mass is 391 g/mol. The highest BCUT2D eigenvalue weighted by molar-refractivity contribution is 5.76. The van der Waals surface area contributed by atoms with Crippen molar-refractivity contribution in [2.24, 2.45) is 0 Å². The summed E-state index contributed by atoms with van der Waals surface area (Å²) in [6, 6.07) is 6.04. The number of carbonyl (C=O) groups is 1. The lowest BCUT2D eigenvalue weighted by atomic mass is 9.98. The molecule has 0 radical (unpaired) electrons. The normalized spacial score (nSPS) is 12.3. The Bertz CT molecular complexity index is 970. The van der Waals surface area contributed by atoms with Crippen molar-refractivity contribution >= 4 is 5.91 Å². The van der Waals surface area contributed by atoms with Gasteiger partial charge < -0.3 is 10.3 Å². The number of aromatic nitrogens is 1. The highest BCUT2D eigenvalue weighted by Gasteiger charge is 2.30. The van der Waals surface area contributed by atoms with Gasteiger partial charge in [0.2, 0.25) is 5.91 Å². The van der Waals surface area contributed by atoms with Crippen LogP contribution in [0.4, 0.5) is 13.2 Å². The van der Waals surface area contributed by atoms with Crippen molar-refractivity contribution in [1.29, 1.82) is 5.26 Å². The summed E-state index contributed by atoms with van der Waals surface area (Å²) in [5, 5.41) is 11.8. The quantitative estimate of drug-likeness (QED) is 0.815. The topological polar surface area (TPSA) is 85.8 Å². The van der Waals surface area contributed by atoms with Crippen LogP contribution >= 0.6 is 0 Å². The molecule has 0 aliphatic rings. The molecule has 1 aromatic carbocycles. The van der Waals surface area contributed by atoms with Crippen LogP contribution in [0.1, 0.15) is 52.9 Å². The number of carbonyl (C=O) groups excluding carboxylic acids is 1. The molecule has 28 heavy (non-hydrogen) atoms. The van der Waals surface area contributed by atoms with Crippen LogP contribution in [0.15, 0.2) is 29.1 Å². The van der Waals surface area contributed by atoms with Crippen molar-refractivity contribution in [3.05, 3.63) is 68.1 Å². The second-order valence-corrected chi connectivity index (χ2v) is 6.58. The molecule has 0 fully saturated rings. The molecule has 0 aliphatic heterocycles. The number of hydrogen-bond acceptors (Lipinski definition) is 3. The fourth-order valence-electron chi connectivity index (χ4n) is 3.02. The highest BCUT2D eigenvalue weighted by Crippen LogP contribution is 2.29. The maximum Gasteiger partial charge on any atom is 0.416 e. The van der Waals surface area contributed by atoms with Crippen molar-refractivity contribution in [1.82, 2.24) is 10.3 Å². The molecule has 1 heterocycles. The van der Waals surface area contributed by atoms with Crippen molar-refractivity contribution in [2.45, 2.75) is 45.8 Å². The van der Waals surface area contributed by atoms with Crippen LogP contribution in [0.2, 0.25) is 0 Å². The highest BCUT2D eigenvalue weighted by atomic mass is 19.4. The number of pyridine rings is 1. The summed E-state index contributed by atoms with van der Waals surface area (Å²) in [5.41, 5.74) is 1.27. The van der Waals surface area contributed by atoms with Crippen LogP contribution < -0.4 is 10.9 Å². The molecule has 2 rings (SSSR count). The molecule has 8 heteroatoms. The van der Waals surface area contributed by atoms with Crippen LogP contribution in [0.25, 0.3) is 0 Å². The smallest absolute Gasteiger partial charge is 0.350 e. The predicted molar refractivity (Wildman–Crippen MR) is 97.6 cm³/mol. The lowest BCUT2D eigenvalue weighted by molar-refractivity contribution is -0.137. The van der Waals surface area contributed by atoms with Gasteiger partial charge in [-0.2, -0.15) is 18.4 Å². The predicted octanol–water partition coefficient (Wildman–Crippen LogP) is 3.69. The molecule has 1 aromatic heterocycles. The third-order valence-corrected chi connectivity index (χ3v) is 4.64. The largest absolute Gasteiger partial charge is 0.416 e. The Morgan fingerprint density at radius 1 is 1.25 bits per heavy atom. The fraction of sp³-hybridized carbons (Fsp3) is 0.350. The van der Waals surface area contributed by atoms with E-state index in [2.05, 4.69) is 10.3 Å². The van der Waals surface area contributed by atoms with Gasteiger partial charge in [-0.25, -0.2) is 0 Å². The van der Waals surface area contributed by atoms with Crippen LogP contribution in [0.3, 0.4) is 0 Å². The van der Waals surface area contributed by atoms with E-state index in [1.807, 2.05) is 6.07 Å². The molecule has 148 valence electrons. The van der Waals surface area contributed by atoms with E-state index in [9.17, 15) is 22.8 Å². The van der Waals surface area contributed by atoms with Gasteiger partial charge in [0.15, 0.2) is 0 Å². The Morgan fingerprint density at radius 2 is 1.86 bits per heavy atom. The van der Waals surface area contributed by atoms with Crippen molar-refractivity contribution in [3.63, 3.8) is 0 Å². The van der Waals surface area contributed by atoms with Gasteiger partial charge in [-0.05, 0) is 56.0 Å². The Morgan fingerprint density at radius 3 is 2.39 bits per heavy atom. The summed E-state index contributed by atoms with van der Waals surface area (Å²) in [4.78, 5) is 26.6. The zero-order chi connectivity index (χ0) is 21.1. The third-order valence-electron chi connectivity index (χ3n) is 4.64. The summed E-state index contributed by atoms with van der Waals surface area (Å²) < 4.78 is 37.9. The minimum atomic E-state index is -4.40. The number of nitrogens with one attached hydrogen (secondary N) is 2. The maximum atomic E-state index is 12.6. The first-order valence-electron chi connectivity index (χ1n) is 8.63. The fourth-order valence-corrected chi connectivity index (χ4v) is 3.02. The van der Waals surface area contributed by atoms with Gasteiger partial charge in [-0.1, -0.05) is 12.1 Å². The Hall–Kier alpha value is -3.08. The zero-order valence-electron chi connectivity index (χ0n) is 15.7. The number of alkyl halides is 3. The van der Waals surface area contributed by atoms with Crippen LogP contribution in [-0.4, -0.2) is 10.9 Å². The number of H-pyrrole nitrogens is 1. The van der Waals surface area contributed by atoms with Crippen LogP contribution in [0.5, 0.6) is 0 Å². The average molecular weight is 391 g/mol. The maximum absolute atomic E-state index is 12.6. The van der Waals surface area contributed by atoms with Crippen molar-refractivity contribution in [3.8, 4) is 6.07 Å². The zero-order valence-corrected chi connectivity index (χ0v) is 15.7. The molecule has 0 saturated heterocycles. The van der Waals surface area contributed by atoms with E-state index in [-0.39, 0.29) is 17.9 Å². The van der Waals surface area contributed by atoms with Gasteiger partial charge in [0.1, 0.15) is 11.6 Å². The lowest BCUT2D eigenvalue weighted by Gasteiger charge is -2.16. The molecular formula is C20H20F3N3O2. The molecular weight excluding hydrogens is 371 g/mol. The number of nitriles is 1. The van der Waals surface area contributed by atoms with Gasteiger partial charge in [-0.15, -0.1) is 0 Å². The first kappa shape index (κ1) is 21.2. The molecule has 0 saturated carbocycles. The summed E-state index contributed by atoms with van der Waals surface area (Å²) in [6.07, 6.45) is -3.96. The molecule has 5 nitrogen and oxygen atoms in total. The Labute approximate surface area is 160 Å². The molecule has 1 amide bonds. The number of halogens is 3. The number of aryl methyl sites for hydroxylation is 1. The van der Waals surface area contributed by atoms with E-state index in [4.69, 9.17) is 5.26 Å². The first-order chi connectivity index (χ1) is 13.0. The summed E-state index contributed by atoms with van der Waals surface area (Å²) in [7, 11) is 0. The van der Waals surface area contributed by atoms with E-state index in [0.717, 1.165) is 17.7 Å². The second kappa shape index (κ2) is 8.30. The number of rotatable bonds is 5. The summed E-state index contributed by atoms with van der Waals surface area (Å²) in [5.74, 6) is -0.282. The number of benzene rings is 1. The molecule has 1 atom stereocenters. The number of hydrogen-bond donors (Lipinski definition) is 2. The van der Waals surface area contributed by atoms with Crippen molar-refractivity contribution < 1.29 is 18.0 Å². The van der Waals surface area contributed by atoms with Gasteiger partial charge in [0.05, 0.1) is 11.6 Å². The molecule has 0 aliphatic carbocycles. The van der Waals surface area contributed by atoms with E-state index < -0.39 is 23.3 Å². The third kappa shape index (κ3) is 4.80. The summed E-state index contributed by atoms with van der Waals surface area (Å²) >= 11 is 0. The van der Waals surface area contributed by atoms with Crippen LogP contribution in [-0.2, 0) is 17.4 Å². The lowest BCUT2D eigenvalue weighted by Crippen LogP contribution is -2.27. The van der Waals surface area contributed by atoms with Gasteiger partial charge in [0, 0.05) is 12.1 Å². The van der Waals surface area contributed by atoms with Gasteiger partial charge >= 0.3 is 6.18 Å². The molecule has 0 bridgehead atoms. The Balaban J connectivity index is 2.03. The van der Waals surface area contributed by atoms with Crippen LogP contribution in [0, 0.1) is 25.2 Å². The van der Waals surface area contributed by atoms with E-state index in [1.54, 1.807) is 20.8 Å². The minimum absolute atomic E-state index is 0.0270. The second-order valence-electron chi connectivity index (χ2n) is 6.58. The van der Waals surface area contributed by atoms with Gasteiger partial charge in [0.25, 0.3) is 5.56 Å². The summed E-state index contributed by atoms with van der Waals surface area (Å²) in [6.45, 7) is 5.05. The SMILES string of the molecule is Cc1[nH]c(=O)c(C#N)c(C)c1CCC(=O)NC(C)c1ccc(C(F)(F)F)cc1. The van der Waals surface area contributed by atoms with E-state index in [0.29, 0.717) is 23.2 Å². The van der Waals surface area contributed by atoms with Crippen molar-refractivity contribution in [2.75, 3.05) is 0 Å². The molecule has 2 aromatic rings. The number of aromatic amines is 1. The minimum Gasteiger partial charge on any atom is -0.350 e. The average Bonchev–Trinajstić information content (AvgIpc) is 2.61. The standard InChI is InChI=1S/C20H20F3N3O2/c1-11-16(13(3)26-19(28)17(11)10-24)8-9-18(27)25-12(2)14-4-6-15(7-5-14)20(21,22)23/h4-7,12H,8-9H2,1-3H3,(H,25,27)(H,26,28).